The van der Waals surface area contributed by atoms with Crippen LogP contribution in [-0.4, -0.2) is 32.1 Å². The standard InChI is InChI=1S/C11H20N2O3/c1-16-7-6-13-11(15)9-5-3-2-4-8(9)10(12)14/h8-9H,2-7H2,1H3,(H2,12,14)(H,13,15). The minimum Gasteiger partial charge on any atom is -0.383 e. The van der Waals surface area contributed by atoms with Gasteiger partial charge in [-0.1, -0.05) is 12.8 Å². The fourth-order valence-corrected chi connectivity index (χ4v) is 2.19. The molecular weight excluding hydrogens is 208 g/mol. The van der Waals surface area contributed by atoms with Crippen LogP contribution in [0.1, 0.15) is 25.7 Å². The van der Waals surface area contributed by atoms with E-state index in [2.05, 4.69) is 5.32 Å². The van der Waals surface area contributed by atoms with E-state index in [0.29, 0.717) is 13.2 Å². The van der Waals surface area contributed by atoms with Crippen LogP contribution >= 0.6 is 0 Å². The van der Waals surface area contributed by atoms with E-state index in [1.54, 1.807) is 7.11 Å². The van der Waals surface area contributed by atoms with E-state index in [9.17, 15) is 9.59 Å². The summed E-state index contributed by atoms with van der Waals surface area (Å²) in [4.78, 5) is 23.0. The molecule has 1 aliphatic rings. The summed E-state index contributed by atoms with van der Waals surface area (Å²) < 4.78 is 4.85. The van der Waals surface area contributed by atoms with Crippen LogP contribution in [0.15, 0.2) is 0 Å². The predicted molar refractivity (Wildman–Crippen MR) is 59.5 cm³/mol. The summed E-state index contributed by atoms with van der Waals surface area (Å²) in [5.41, 5.74) is 5.31. The van der Waals surface area contributed by atoms with Crippen LogP contribution in [0.4, 0.5) is 0 Å². The summed E-state index contributed by atoms with van der Waals surface area (Å²) in [5.74, 6) is -0.966. The van der Waals surface area contributed by atoms with Crippen LogP contribution in [0.25, 0.3) is 0 Å². The number of nitrogens with one attached hydrogen (secondary N) is 1. The Morgan fingerprint density at radius 2 is 1.94 bits per heavy atom. The summed E-state index contributed by atoms with van der Waals surface area (Å²) in [6.07, 6.45) is 3.46. The van der Waals surface area contributed by atoms with Gasteiger partial charge in [-0.25, -0.2) is 0 Å². The molecule has 0 heterocycles. The molecule has 1 rings (SSSR count). The van der Waals surface area contributed by atoms with Gasteiger partial charge in [0.2, 0.25) is 11.8 Å². The number of hydrogen-bond donors (Lipinski definition) is 2. The van der Waals surface area contributed by atoms with Gasteiger partial charge >= 0.3 is 0 Å². The molecule has 0 aromatic heterocycles. The molecule has 0 spiro atoms. The van der Waals surface area contributed by atoms with Gasteiger partial charge in [-0.05, 0) is 12.8 Å². The zero-order valence-corrected chi connectivity index (χ0v) is 9.70. The highest BCUT2D eigenvalue weighted by Gasteiger charge is 2.34. The van der Waals surface area contributed by atoms with Crippen molar-refractivity contribution >= 4 is 11.8 Å². The van der Waals surface area contributed by atoms with Gasteiger partial charge in [0.1, 0.15) is 0 Å². The Kier molecular flexibility index (Phi) is 5.25. The smallest absolute Gasteiger partial charge is 0.223 e. The number of amides is 2. The number of ether oxygens (including phenoxy) is 1. The third kappa shape index (κ3) is 3.48. The zero-order chi connectivity index (χ0) is 12.0. The van der Waals surface area contributed by atoms with Gasteiger partial charge in [-0.15, -0.1) is 0 Å². The Labute approximate surface area is 95.7 Å². The number of primary amides is 1. The van der Waals surface area contributed by atoms with Crippen molar-refractivity contribution in [3.63, 3.8) is 0 Å². The van der Waals surface area contributed by atoms with Gasteiger partial charge in [0.25, 0.3) is 0 Å². The van der Waals surface area contributed by atoms with Crippen molar-refractivity contribution in [2.24, 2.45) is 17.6 Å². The molecule has 1 fully saturated rings. The van der Waals surface area contributed by atoms with Crippen molar-refractivity contribution in [1.29, 1.82) is 0 Å². The van der Waals surface area contributed by atoms with Crippen LogP contribution in [0.2, 0.25) is 0 Å². The van der Waals surface area contributed by atoms with Crippen LogP contribution in [-0.2, 0) is 14.3 Å². The highest BCUT2D eigenvalue weighted by molar-refractivity contribution is 5.87. The molecule has 0 aromatic rings. The van der Waals surface area contributed by atoms with Crippen molar-refractivity contribution < 1.29 is 14.3 Å². The van der Waals surface area contributed by atoms with E-state index in [-0.39, 0.29) is 23.7 Å². The second kappa shape index (κ2) is 6.48. The molecule has 2 unspecified atom stereocenters. The van der Waals surface area contributed by atoms with Crippen LogP contribution in [0.3, 0.4) is 0 Å². The fraction of sp³-hybridized carbons (Fsp3) is 0.818. The average Bonchev–Trinajstić information content (AvgIpc) is 2.29. The first-order chi connectivity index (χ1) is 7.66. The van der Waals surface area contributed by atoms with Crippen molar-refractivity contribution in [1.82, 2.24) is 5.32 Å². The lowest BCUT2D eigenvalue weighted by Crippen LogP contribution is -2.42. The van der Waals surface area contributed by atoms with E-state index in [4.69, 9.17) is 10.5 Å². The Morgan fingerprint density at radius 3 is 2.50 bits per heavy atom. The minimum atomic E-state index is -0.355. The molecule has 0 bridgehead atoms. The van der Waals surface area contributed by atoms with E-state index >= 15 is 0 Å². The molecular formula is C11H20N2O3. The van der Waals surface area contributed by atoms with Gasteiger partial charge in [-0.2, -0.15) is 0 Å². The Balaban J connectivity index is 2.47. The van der Waals surface area contributed by atoms with Crippen LogP contribution in [0, 0.1) is 11.8 Å². The summed E-state index contributed by atoms with van der Waals surface area (Å²) in [6, 6.07) is 0. The summed E-state index contributed by atoms with van der Waals surface area (Å²) in [6.45, 7) is 0.969. The number of methoxy groups -OCH3 is 1. The fourth-order valence-electron chi connectivity index (χ4n) is 2.19. The Hall–Kier alpha value is -1.10. The first-order valence-corrected chi connectivity index (χ1v) is 5.72. The van der Waals surface area contributed by atoms with Crippen molar-refractivity contribution in [2.45, 2.75) is 25.7 Å². The summed E-state index contributed by atoms with van der Waals surface area (Å²) in [5, 5.41) is 2.77. The summed E-state index contributed by atoms with van der Waals surface area (Å²) >= 11 is 0. The molecule has 5 nitrogen and oxygen atoms in total. The highest BCUT2D eigenvalue weighted by Crippen LogP contribution is 2.29. The van der Waals surface area contributed by atoms with Crippen LogP contribution < -0.4 is 11.1 Å². The van der Waals surface area contributed by atoms with E-state index in [1.165, 1.54) is 0 Å². The number of nitrogens with two attached hydrogens (primary N) is 1. The van der Waals surface area contributed by atoms with Crippen molar-refractivity contribution in [2.75, 3.05) is 20.3 Å². The molecule has 5 heteroatoms. The average molecular weight is 228 g/mol. The van der Waals surface area contributed by atoms with Crippen LogP contribution in [0.5, 0.6) is 0 Å². The first-order valence-electron chi connectivity index (χ1n) is 5.72. The lowest BCUT2D eigenvalue weighted by Gasteiger charge is -2.28. The monoisotopic (exact) mass is 228 g/mol. The molecule has 0 aromatic carbocycles. The number of rotatable bonds is 5. The Bertz CT molecular complexity index is 256. The van der Waals surface area contributed by atoms with Crippen molar-refractivity contribution in [3.8, 4) is 0 Å². The van der Waals surface area contributed by atoms with Gasteiger partial charge in [-0.3, -0.25) is 9.59 Å². The van der Waals surface area contributed by atoms with Gasteiger partial charge < -0.3 is 15.8 Å². The molecule has 92 valence electrons. The van der Waals surface area contributed by atoms with Gasteiger partial charge in [0.15, 0.2) is 0 Å². The second-order valence-corrected chi connectivity index (χ2v) is 4.18. The SMILES string of the molecule is COCCNC(=O)C1CCCCC1C(N)=O. The molecule has 0 radical (unpaired) electrons. The lowest BCUT2D eigenvalue weighted by atomic mass is 9.78. The molecule has 1 aliphatic carbocycles. The first kappa shape index (κ1) is 13.0. The maximum Gasteiger partial charge on any atom is 0.223 e. The molecule has 0 saturated heterocycles. The zero-order valence-electron chi connectivity index (χ0n) is 9.70. The largest absolute Gasteiger partial charge is 0.383 e. The molecule has 0 aliphatic heterocycles. The Morgan fingerprint density at radius 1 is 1.31 bits per heavy atom. The quantitative estimate of drug-likeness (QED) is 0.652. The molecule has 2 amide bonds. The highest BCUT2D eigenvalue weighted by atomic mass is 16.5. The predicted octanol–water partition coefficient (Wildman–Crippen LogP) is 0.0407. The number of hydrogen-bond acceptors (Lipinski definition) is 3. The van der Waals surface area contributed by atoms with Crippen molar-refractivity contribution in [3.05, 3.63) is 0 Å². The summed E-state index contributed by atoms with van der Waals surface area (Å²) in [7, 11) is 1.58. The van der Waals surface area contributed by atoms with E-state index < -0.39 is 0 Å². The molecule has 3 N–H and O–H groups in total. The second-order valence-electron chi connectivity index (χ2n) is 4.18. The molecule has 16 heavy (non-hydrogen) atoms. The normalized spacial score (nSPS) is 25.1. The molecule has 1 saturated carbocycles. The number of carbonyl (C=O) groups excluding carboxylic acids is 2. The maximum atomic E-state index is 11.8. The van der Waals surface area contributed by atoms with E-state index in [1.807, 2.05) is 0 Å². The topological polar surface area (TPSA) is 81.4 Å². The third-order valence-electron chi connectivity index (χ3n) is 3.07. The minimum absolute atomic E-state index is 0.0689. The number of carbonyl (C=O) groups is 2. The lowest BCUT2D eigenvalue weighted by molar-refractivity contribution is -0.135. The maximum absolute atomic E-state index is 11.8. The van der Waals surface area contributed by atoms with E-state index in [0.717, 1.165) is 25.7 Å². The third-order valence-corrected chi connectivity index (χ3v) is 3.07. The van der Waals surface area contributed by atoms with Gasteiger partial charge in [0.05, 0.1) is 6.61 Å². The van der Waals surface area contributed by atoms with Gasteiger partial charge in [0, 0.05) is 25.5 Å². The molecule has 2 atom stereocenters.